The van der Waals surface area contributed by atoms with E-state index >= 15 is 0 Å². The number of rotatable bonds is 3. The van der Waals surface area contributed by atoms with Crippen molar-refractivity contribution in [1.29, 1.82) is 0 Å². The van der Waals surface area contributed by atoms with Crippen LogP contribution in [0.2, 0.25) is 0 Å². The molecule has 100 valence electrons. The van der Waals surface area contributed by atoms with E-state index in [2.05, 4.69) is 28.8 Å². The van der Waals surface area contributed by atoms with Crippen molar-refractivity contribution in [3.8, 4) is 0 Å². The lowest BCUT2D eigenvalue weighted by Crippen LogP contribution is -2.27. The highest BCUT2D eigenvalue weighted by atomic mass is 15.2. The number of hydrogen-bond acceptors (Lipinski definition) is 3. The van der Waals surface area contributed by atoms with Crippen molar-refractivity contribution in [2.75, 3.05) is 26.7 Å². The lowest BCUT2D eigenvalue weighted by atomic mass is 10.1. The molecule has 1 unspecified atom stereocenters. The summed E-state index contributed by atoms with van der Waals surface area (Å²) in [4.78, 5) is 7.33. The molecule has 3 rings (SSSR count). The first-order chi connectivity index (χ1) is 8.79. The zero-order valence-corrected chi connectivity index (χ0v) is 11.6. The van der Waals surface area contributed by atoms with Crippen LogP contribution in [0.15, 0.2) is 0 Å². The summed E-state index contributed by atoms with van der Waals surface area (Å²) in [6.45, 7) is 6.72. The minimum absolute atomic E-state index is 0.658. The lowest BCUT2D eigenvalue weighted by molar-refractivity contribution is 0.385. The number of likely N-dealkylation sites (tertiary alicyclic amines) is 1. The van der Waals surface area contributed by atoms with Crippen LogP contribution in [0.5, 0.6) is 0 Å². The van der Waals surface area contributed by atoms with Crippen LogP contribution in [-0.2, 0) is 19.4 Å². The van der Waals surface area contributed by atoms with E-state index in [1.807, 2.05) is 0 Å². The largest absolute Gasteiger partial charge is 0.327 e. The molecule has 4 nitrogen and oxygen atoms in total. The van der Waals surface area contributed by atoms with Crippen molar-refractivity contribution < 1.29 is 0 Å². The van der Waals surface area contributed by atoms with Gasteiger partial charge in [0.25, 0.3) is 0 Å². The number of imidazole rings is 1. The molecule has 0 aliphatic carbocycles. The number of likely N-dealkylation sites (N-methyl/N-ethyl adjacent to an activating group) is 1. The number of nitrogens with one attached hydrogen (secondary N) is 1. The minimum atomic E-state index is 0.658. The number of aromatic nitrogens is 2. The molecule has 0 bridgehead atoms. The second-order valence-electron chi connectivity index (χ2n) is 5.67. The third kappa shape index (κ3) is 2.08. The van der Waals surface area contributed by atoms with Gasteiger partial charge < -0.3 is 14.8 Å². The second kappa shape index (κ2) is 5.02. The Morgan fingerprint density at radius 1 is 1.44 bits per heavy atom. The molecule has 2 aliphatic heterocycles. The van der Waals surface area contributed by atoms with Gasteiger partial charge in [0.2, 0.25) is 0 Å². The van der Waals surface area contributed by atoms with Crippen molar-refractivity contribution >= 4 is 0 Å². The SMILES string of the molecule is CCCc1nc2c(n1C1CCN(C)C1)CCNC2. The zero-order valence-electron chi connectivity index (χ0n) is 11.6. The number of nitrogens with zero attached hydrogens (tertiary/aromatic N) is 3. The van der Waals surface area contributed by atoms with Gasteiger partial charge in [-0.25, -0.2) is 4.98 Å². The highest BCUT2D eigenvalue weighted by Gasteiger charge is 2.28. The van der Waals surface area contributed by atoms with Crippen LogP contribution in [-0.4, -0.2) is 41.1 Å². The van der Waals surface area contributed by atoms with E-state index in [-0.39, 0.29) is 0 Å². The van der Waals surface area contributed by atoms with Crippen LogP contribution in [0, 0.1) is 0 Å². The molecule has 2 aliphatic rings. The summed E-state index contributed by atoms with van der Waals surface area (Å²) < 4.78 is 2.59. The first kappa shape index (κ1) is 12.2. The first-order valence-electron chi connectivity index (χ1n) is 7.27. The third-order valence-corrected chi connectivity index (χ3v) is 4.20. The highest BCUT2D eigenvalue weighted by molar-refractivity contribution is 5.22. The van der Waals surface area contributed by atoms with Crippen LogP contribution in [0.1, 0.15) is 43.0 Å². The van der Waals surface area contributed by atoms with Gasteiger partial charge >= 0.3 is 0 Å². The van der Waals surface area contributed by atoms with Gasteiger partial charge in [-0.1, -0.05) is 6.92 Å². The molecule has 0 spiro atoms. The molecule has 3 heterocycles. The van der Waals surface area contributed by atoms with Gasteiger partial charge in [0.15, 0.2) is 0 Å². The predicted molar refractivity (Wildman–Crippen MR) is 72.8 cm³/mol. The van der Waals surface area contributed by atoms with Gasteiger partial charge in [-0.15, -0.1) is 0 Å². The molecule has 0 amide bonds. The van der Waals surface area contributed by atoms with Gasteiger partial charge in [0.1, 0.15) is 5.82 Å². The smallest absolute Gasteiger partial charge is 0.109 e. The van der Waals surface area contributed by atoms with E-state index in [9.17, 15) is 0 Å². The molecule has 0 aromatic carbocycles. The number of hydrogen-bond donors (Lipinski definition) is 1. The monoisotopic (exact) mass is 248 g/mol. The molecule has 18 heavy (non-hydrogen) atoms. The Morgan fingerprint density at radius 2 is 2.33 bits per heavy atom. The topological polar surface area (TPSA) is 33.1 Å². The van der Waals surface area contributed by atoms with Crippen molar-refractivity contribution in [1.82, 2.24) is 19.8 Å². The summed E-state index contributed by atoms with van der Waals surface area (Å²) >= 11 is 0. The maximum Gasteiger partial charge on any atom is 0.109 e. The third-order valence-electron chi connectivity index (χ3n) is 4.20. The van der Waals surface area contributed by atoms with Gasteiger partial charge in [0.05, 0.1) is 5.69 Å². The number of aryl methyl sites for hydroxylation is 1. The van der Waals surface area contributed by atoms with Crippen molar-refractivity contribution in [2.45, 2.75) is 45.2 Å². The molecule has 1 atom stereocenters. The summed E-state index contributed by atoms with van der Waals surface area (Å²) in [5.41, 5.74) is 2.82. The molecule has 1 aromatic heterocycles. The van der Waals surface area contributed by atoms with Crippen LogP contribution in [0.25, 0.3) is 0 Å². The Balaban J connectivity index is 1.96. The maximum atomic E-state index is 4.89. The van der Waals surface area contributed by atoms with E-state index in [0.717, 1.165) is 25.9 Å². The molecule has 0 radical (unpaired) electrons. The Bertz CT molecular complexity index is 424. The van der Waals surface area contributed by atoms with Crippen molar-refractivity contribution in [3.05, 3.63) is 17.2 Å². The molecule has 1 aromatic rings. The summed E-state index contributed by atoms with van der Waals surface area (Å²) in [5, 5.41) is 3.44. The van der Waals surface area contributed by atoms with Gasteiger partial charge in [-0.2, -0.15) is 0 Å². The lowest BCUT2D eigenvalue weighted by Gasteiger charge is -2.21. The van der Waals surface area contributed by atoms with Crippen LogP contribution in [0.4, 0.5) is 0 Å². The molecular formula is C14H24N4. The molecule has 1 fully saturated rings. The Kier molecular flexibility index (Phi) is 3.39. The molecule has 1 saturated heterocycles. The quantitative estimate of drug-likeness (QED) is 0.877. The fraction of sp³-hybridized carbons (Fsp3) is 0.786. The standard InChI is InChI=1S/C14H24N4/c1-3-4-14-16-12-9-15-7-5-13(12)18(14)11-6-8-17(2)10-11/h11,15H,3-10H2,1-2H3. The molecule has 0 saturated carbocycles. The van der Waals surface area contributed by atoms with Crippen LogP contribution in [0.3, 0.4) is 0 Å². The minimum Gasteiger partial charge on any atom is -0.327 e. The number of fused-ring (bicyclic) bond motifs is 1. The van der Waals surface area contributed by atoms with Crippen molar-refractivity contribution in [2.24, 2.45) is 0 Å². The van der Waals surface area contributed by atoms with E-state index in [0.29, 0.717) is 6.04 Å². The molecule has 4 heteroatoms. The van der Waals surface area contributed by atoms with Gasteiger partial charge in [0, 0.05) is 44.2 Å². The summed E-state index contributed by atoms with van der Waals surface area (Å²) in [7, 11) is 2.23. The average Bonchev–Trinajstić information content (AvgIpc) is 2.92. The fourth-order valence-corrected chi connectivity index (χ4v) is 3.34. The fourth-order valence-electron chi connectivity index (χ4n) is 3.34. The van der Waals surface area contributed by atoms with Crippen LogP contribution >= 0.6 is 0 Å². The van der Waals surface area contributed by atoms with Gasteiger partial charge in [-0.3, -0.25) is 0 Å². The van der Waals surface area contributed by atoms with Crippen LogP contribution < -0.4 is 5.32 Å². The molecular weight excluding hydrogens is 224 g/mol. The summed E-state index contributed by atoms with van der Waals surface area (Å²) in [5.74, 6) is 1.33. The Morgan fingerprint density at radius 3 is 3.06 bits per heavy atom. The normalized spacial score (nSPS) is 24.4. The predicted octanol–water partition coefficient (Wildman–Crippen LogP) is 1.36. The Hall–Kier alpha value is -0.870. The maximum absolute atomic E-state index is 4.89. The summed E-state index contributed by atoms with van der Waals surface area (Å²) in [6, 6.07) is 0.658. The molecule has 1 N–H and O–H groups in total. The van der Waals surface area contributed by atoms with Gasteiger partial charge in [-0.05, 0) is 26.4 Å². The van der Waals surface area contributed by atoms with Crippen molar-refractivity contribution in [3.63, 3.8) is 0 Å². The van der Waals surface area contributed by atoms with E-state index in [4.69, 9.17) is 4.98 Å². The average molecular weight is 248 g/mol. The van der Waals surface area contributed by atoms with E-state index < -0.39 is 0 Å². The Labute approximate surface area is 109 Å². The van der Waals surface area contributed by atoms with E-state index in [1.165, 1.54) is 43.1 Å². The second-order valence-corrected chi connectivity index (χ2v) is 5.67. The highest BCUT2D eigenvalue weighted by Crippen LogP contribution is 2.28. The zero-order chi connectivity index (χ0) is 12.5. The van der Waals surface area contributed by atoms with E-state index in [1.54, 1.807) is 0 Å². The first-order valence-corrected chi connectivity index (χ1v) is 7.27. The summed E-state index contributed by atoms with van der Waals surface area (Å²) in [6.07, 6.45) is 4.73.